The van der Waals surface area contributed by atoms with Gasteiger partial charge in [-0.3, -0.25) is 9.78 Å². The molecule has 3 aromatic rings. The number of benzene rings is 1. The molecular formula is C20H20FN3O. The minimum Gasteiger partial charge on any atom is -0.350 e. The summed E-state index contributed by atoms with van der Waals surface area (Å²) in [5.41, 5.74) is 2.59. The predicted molar refractivity (Wildman–Crippen MR) is 96.7 cm³/mol. The molecule has 0 atom stereocenters. The first kappa shape index (κ1) is 17.0. The Morgan fingerprint density at radius 2 is 1.80 bits per heavy atom. The van der Waals surface area contributed by atoms with Crippen molar-refractivity contribution in [2.45, 2.75) is 20.8 Å². The quantitative estimate of drug-likeness (QED) is 0.779. The third-order valence-corrected chi connectivity index (χ3v) is 3.77. The zero-order valence-electron chi connectivity index (χ0n) is 14.5. The van der Waals surface area contributed by atoms with Gasteiger partial charge in [0, 0.05) is 29.9 Å². The third-order valence-electron chi connectivity index (χ3n) is 3.77. The minimum absolute atomic E-state index is 0.00427. The number of hydrogen-bond acceptors (Lipinski definition) is 3. The van der Waals surface area contributed by atoms with E-state index in [2.05, 4.69) is 36.1 Å². The summed E-state index contributed by atoms with van der Waals surface area (Å²) in [7, 11) is 0. The fourth-order valence-corrected chi connectivity index (χ4v) is 2.45. The molecule has 0 saturated carbocycles. The minimum atomic E-state index is -0.299. The number of hydrogen-bond donors (Lipinski definition) is 1. The summed E-state index contributed by atoms with van der Waals surface area (Å²) < 4.78 is 13.2. The third kappa shape index (κ3) is 3.99. The Morgan fingerprint density at radius 3 is 2.48 bits per heavy atom. The van der Waals surface area contributed by atoms with Gasteiger partial charge in [-0.1, -0.05) is 32.9 Å². The number of fused-ring (bicyclic) bond motifs is 1. The van der Waals surface area contributed by atoms with Gasteiger partial charge in [0.25, 0.3) is 5.91 Å². The predicted octanol–water partition coefficient (Wildman–Crippen LogP) is 4.21. The van der Waals surface area contributed by atoms with Crippen molar-refractivity contribution in [3.63, 3.8) is 0 Å². The fourth-order valence-electron chi connectivity index (χ4n) is 2.45. The number of nitrogens with zero attached hydrogens (tertiary/aromatic N) is 2. The zero-order chi connectivity index (χ0) is 18.0. The average molecular weight is 337 g/mol. The summed E-state index contributed by atoms with van der Waals surface area (Å²) in [6.45, 7) is 6.73. The SMILES string of the molecule is CC(C)(C)CNC(=O)c1ccc2cncc(-c3ccc(F)cc3)c2n1. The molecule has 0 spiro atoms. The number of pyridine rings is 2. The van der Waals surface area contributed by atoms with Crippen LogP contribution in [0, 0.1) is 11.2 Å². The molecule has 1 aromatic carbocycles. The van der Waals surface area contributed by atoms with E-state index in [-0.39, 0.29) is 17.1 Å². The van der Waals surface area contributed by atoms with E-state index in [4.69, 9.17) is 0 Å². The number of carbonyl (C=O) groups excluding carboxylic acids is 1. The van der Waals surface area contributed by atoms with Gasteiger partial charge in [0.05, 0.1) is 5.52 Å². The van der Waals surface area contributed by atoms with Crippen LogP contribution in [0.3, 0.4) is 0 Å². The second kappa shape index (κ2) is 6.59. The highest BCUT2D eigenvalue weighted by molar-refractivity contribution is 5.98. The van der Waals surface area contributed by atoms with Crippen LogP contribution < -0.4 is 5.32 Å². The van der Waals surface area contributed by atoms with Gasteiger partial charge >= 0.3 is 0 Å². The molecule has 0 unspecified atom stereocenters. The Balaban J connectivity index is 2.00. The van der Waals surface area contributed by atoms with Crippen molar-refractivity contribution >= 4 is 16.8 Å². The van der Waals surface area contributed by atoms with E-state index in [1.54, 1.807) is 30.6 Å². The summed E-state index contributed by atoms with van der Waals surface area (Å²) in [4.78, 5) is 21.1. The van der Waals surface area contributed by atoms with Gasteiger partial charge in [0.15, 0.2) is 0 Å². The Kier molecular flexibility index (Phi) is 4.49. The van der Waals surface area contributed by atoms with Gasteiger partial charge in [-0.25, -0.2) is 9.37 Å². The molecule has 0 aliphatic carbocycles. The molecule has 1 amide bonds. The molecule has 3 rings (SSSR count). The molecule has 0 saturated heterocycles. The van der Waals surface area contributed by atoms with Crippen molar-refractivity contribution in [2.75, 3.05) is 6.54 Å². The number of aromatic nitrogens is 2. The van der Waals surface area contributed by atoms with Gasteiger partial charge in [0.1, 0.15) is 11.5 Å². The standard InChI is InChI=1S/C20H20FN3O/c1-20(2,3)12-23-19(25)17-9-6-14-10-22-11-16(18(14)24-17)13-4-7-15(21)8-5-13/h4-11H,12H2,1-3H3,(H,23,25). The van der Waals surface area contributed by atoms with Crippen molar-refractivity contribution in [1.82, 2.24) is 15.3 Å². The molecule has 0 aliphatic heterocycles. The average Bonchev–Trinajstić information content (AvgIpc) is 2.59. The van der Waals surface area contributed by atoms with Crippen LogP contribution in [-0.4, -0.2) is 22.4 Å². The van der Waals surface area contributed by atoms with Gasteiger partial charge in [-0.05, 0) is 35.2 Å². The van der Waals surface area contributed by atoms with Crippen molar-refractivity contribution in [1.29, 1.82) is 0 Å². The Labute approximate surface area is 146 Å². The highest BCUT2D eigenvalue weighted by atomic mass is 19.1. The maximum absolute atomic E-state index is 13.2. The monoisotopic (exact) mass is 337 g/mol. The second-order valence-corrected chi connectivity index (χ2v) is 7.21. The molecular weight excluding hydrogens is 317 g/mol. The largest absolute Gasteiger partial charge is 0.350 e. The highest BCUT2D eigenvalue weighted by Gasteiger charge is 2.15. The lowest BCUT2D eigenvalue weighted by Gasteiger charge is -2.18. The molecule has 0 fully saturated rings. The number of halogens is 1. The molecule has 0 bridgehead atoms. The lowest BCUT2D eigenvalue weighted by molar-refractivity contribution is 0.0934. The lowest BCUT2D eigenvalue weighted by atomic mass is 9.97. The van der Waals surface area contributed by atoms with Crippen molar-refractivity contribution in [3.8, 4) is 11.1 Å². The number of amides is 1. The first-order chi connectivity index (χ1) is 11.8. The van der Waals surface area contributed by atoms with Crippen LogP contribution in [0.4, 0.5) is 4.39 Å². The molecule has 2 aromatic heterocycles. The van der Waals surface area contributed by atoms with E-state index in [1.807, 2.05) is 6.07 Å². The normalized spacial score (nSPS) is 11.5. The molecule has 5 heteroatoms. The van der Waals surface area contributed by atoms with Crippen molar-refractivity contribution < 1.29 is 9.18 Å². The van der Waals surface area contributed by atoms with E-state index >= 15 is 0 Å². The number of carbonyl (C=O) groups is 1. The molecule has 2 heterocycles. The summed E-state index contributed by atoms with van der Waals surface area (Å²) in [5, 5.41) is 3.73. The molecule has 1 N–H and O–H groups in total. The molecule has 4 nitrogen and oxygen atoms in total. The second-order valence-electron chi connectivity index (χ2n) is 7.21. The summed E-state index contributed by atoms with van der Waals surface area (Å²) in [6.07, 6.45) is 3.38. The molecule has 25 heavy (non-hydrogen) atoms. The van der Waals surface area contributed by atoms with E-state index < -0.39 is 0 Å². The van der Waals surface area contributed by atoms with Gasteiger partial charge in [-0.2, -0.15) is 0 Å². The summed E-state index contributed by atoms with van der Waals surface area (Å²) in [6, 6.07) is 9.67. The van der Waals surface area contributed by atoms with Crippen LogP contribution in [0.5, 0.6) is 0 Å². The highest BCUT2D eigenvalue weighted by Crippen LogP contribution is 2.26. The van der Waals surface area contributed by atoms with Crippen LogP contribution >= 0.6 is 0 Å². The van der Waals surface area contributed by atoms with Crippen LogP contribution in [-0.2, 0) is 0 Å². The Hall–Kier alpha value is -2.82. The molecule has 0 aliphatic rings. The lowest BCUT2D eigenvalue weighted by Crippen LogP contribution is -2.32. The number of nitrogens with one attached hydrogen (secondary N) is 1. The van der Waals surface area contributed by atoms with Gasteiger partial charge < -0.3 is 5.32 Å². The Bertz CT molecular complexity index is 914. The molecule has 128 valence electrons. The smallest absolute Gasteiger partial charge is 0.269 e. The first-order valence-electron chi connectivity index (χ1n) is 8.12. The summed E-state index contributed by atoms with van der Waals surface area (Å²) in [5.74, 6) is -0.508. The zero-order valence-corrected chi connectivity index (χ0v) is 14.5. The van der Waals surface area contributed by atoms with Crippen LogP contribution in [0.1, 0.15) is 31.3 Å². The molecule has 0 radical (unpaired) electrons. The fraction of sp³-hybridized carbons (Fsp3) is 0.250. The van der Waals surface area contributed by atoms with Crippen LogP contribution in [0.15, 0.2) is 48.8 Å². The summed E-state index contributed by atoms with van der Waals surface area (Å²) >= 11 is 0. The van der Waals surface area contributed by atoms with Crippen molar-refractivity contribution in [3.05, 3.63) is 60.3 Å². The van der Waals surface area contributed by atoms with E-state index in [1.165, 1.54) is 12.1 Å². The van der Waals surface area contributed by atoms with Crippen LogP contribution in [0.2, 0.25) is 0 Å². The van der Waals surface area contributed by atoms with E-state index in [0.29, 0.717) is 17.8 Å². The van der Waals surface area contributed by atoms with Gasteiger partial charge in [-0.15, -0.1) is 0 Å². The van der Waals surface area contributed by atoms with E-state index in [9.17, 15) is 9.18 Å². The van der Waals surface area contributed by atoms with Crippen molar-refractivity contribution in [2.24, 2.45) is 5.41 Å². The maximum atomic E-state index is 13.2. The maximum Gasteiger partial charge on any atom is 0.269 e. The number of rotatable bonds is 3. The van der Waals surface area contributed by atoms with Gasteiger partial charge in [0.2, 0.25) is 0 Å². The topological polar surface area (TPSA) is 54.9 Å². The first-order valence-corrected chi connectivity index (χ1v) is 8.12. The Morgan fingerprint density at radius 1 is 1.08 bits per heavy atom. The van der Waals surface area contributed by atoms with E-state index in [0.717, 1.165) is 16.5 Å². The van der Waals surface area contributed by atoms with Crippen LogP contribution in [0.25, 0.3) is 22.0 Å².